The molecule has 0 aromatic heterocycles. The SMILES string of the molecule is Cc1c(F)cccc1NS(=O)(=O)c1ccc2c3c1CCCN3C(=O)CO2. The molecule has 0 radical (unpaired) electrons. The van der Waals surface area contributed by atoms with E-state index in [4.69, 9.17) is 4.74 Å². The van der Waals surface area contributed by atoms with Crippen LogP contribution in [-0.4, -0.2) is 27.5 Å². The summed E-state index contributed by atoms with van der Waals surface area (Å²) in [7, 11) is -3.95. The highest BCUT2D eigenvalue weighted by Crippen LogP contribution is 2.42. The number of halogens is 1. The van der Waals surface area contributed by atoms with Gasteiger partial charge in [-0.15, -0.1) is 0 Å². The fourth-order valence-corrected chi connectivity index (χ4v) is 4.80. The van der Waals surface area contributed by atoms with Crippen molar-refractivity contribution < 1.29 is 22.3 Å². The fraction of sp³-hybridized carbons (Fsp3) is 0.278. The normalized spacial score (nSPS) is 16.1. The van der Waals surface area contributed by atoms with E-state index in [2.05, 4.69) is 4.72 Å². The van der Waals surface area contributed by atoms with E-state index in [9.17, 15) is 17.6 Å². The van der Waals surface area contributed by atoms with Crippen LogP contribution in [-0.2, 0) is 21.2 Å². The van der Waals surface area contributed by atoms with Crippen molar-refractivity contribution in [1.29, 1.82) is 0 Å². The van der Waals surface area contributed by atoms with Gasteiger partial charge in [-0.2, -0.15) is 0 Å². The summed E-state index contributed by atoms with van der Waals surface area (Å²) < 4.78 is 47.6. The van der Waals surface area contributed by atoms with E-state index in [1.807, 2.05) is 0 Å². The molecule has 0 spiro atoms. The Morgan fingerprint density at radius 2 is 2.04 bits per heavy atom. The second kappa shape index (κ2) is 5.98. The van der Waals surface area contributed by atoms with Crippen LogP contribution in [0.15, 0.2) is 35.2 Å². The van der Waals surface area contributed by atoms with E-state index in [0.717, 1.165) is 0 Å². The zero-order chi connectivity index (χ0) is 18.5. The van der Waals surface area contributed by atoms with Crippen molar-refractivity contribution >= 4 is 27.3 Å². The van der Waals surface area contributed by atoms with Crippen molar-refractivity contribution in [1.82, 2.24) is 0 Å². The Balaban J connectivity index is 1.81. The van der Waals surface area contributed by atoms with E-state index in [1.165, 1.54) is 31.2 Å². The molecule has 136 valence electrons. The molecular weight excluding hydrogens is 359 g/mol. The van der Waals surface area contributed by atoms with Gasteiger partial charge in [-0.3, -0.25) is 9.52 Å². The molecule has 26 heavy (non-hydrogen) atoms. The van der Waals surface area contributed by atoms with Gasteiger partial charge in [0.1, 0.15) is 11.6 Å². The van der Waals surface area contributed by atoms with E-state index in [-0.39, 0.29) is 28.7 Å². The summed E-state index contributed by atoms with van der Waals surface area (Å²) in [5, 5.41) is 0. The fourth-order valence-electron chi connectivity index (χ4n) is 3.41. The summed E-state index contributed by atoms with van der Waals surface area (Å²) in [5.74, 6) is -0.149. The Morgan fingerprint density at radius 3 is 2.85 bits per heavy atom. The first kappa shape index (κ1) is 16.8. The number of anilines is 2. The van der Waals surface area contributed by atoms with Crippen molar-refractivity contribution in [2.24, 2.45) is 0 Å². The molecule has 2 aliphatic rings. The number of rotatable bonds is 3. The highest BCUT2D eigenvalue weighted by Gasteiger charge is 2.34. The molecule has 1 amide bonds. The summed E-state index contributed by atoms with van der Waals surface area (Å²) in [6, 6.07) is 7.28. The molecular formula is C18H17FN2O4S. The Labute approximate surface area is 150 Å². The molecule has 0 saturated carbocycles. The molecule has 0 bridgehead atoms. The summed E-state index contributed by atoms with van der Waals surface area (Å²) in [6.45, 7) is 2.01. The molecule has 0 aliphatic carbocycles. The zero-order valence-electron chi connectivity index (χ0n) is 14.1. The third-order valence-corrected chi connectivity index (χ3v) is 6.19. The molecule has 6 nitrogen and oxygen atoms in total. The zero-order valence-corrected chi connectivity index (χ0v) is 14.9. The van der Waals surface area contributed by atoms with Gasteiger partial charge in [-0.25, -0.2) is 12.8 Å². The van der Waals surface area contributed by atoms with Crippen LogP contribution < -0.4 is 14.4 Å². The van der Waals surface area contributed by atoms with Crippen LogP contribution >= 0.6 is 0 Å². The average Bonchev–Trinajstić information content (AvgIpc) is 2.62. The van der Waals surface area contributed by atoms with Gasteiger partial charge in [-0.05, 0) is 44.0 Å². The third kappa shape index (κ3) is 2.61. The molecule has 0 fully saturated rings. The molecule has 1 N–H and O–H groups in total. The summed E-state index contributed by atoms with van der Waals surface area (Å²) in [4.78, 5) is 13.8. The average molecular weight is 376 g/mol. The predicted molar refractivity (Wildman–Crippen MR) is 94.6 cm³/mol. The van der Waals surface area contributed by atoms with Gasteiger partial charge in [-0.1, -0.05) is 6.07 Å². The lowest BCUT2D eigenvalue weighted by atomic mass is 10.00. The van der Waals surface area contributed by atoms with Crippen molar-refractivity contribution in [3.63, 3.8) is 0 Å². The Kier molecular flexibility index (Phi) is 3.87. The summed E-state index contributed by atoms with van der Waals surface area (Å²) >= 11 is 0. The number of carbonyl (C=O) groups excluding carboxylic acids is 1. The Hall–Kier alpha value is -2.61. The number of benzene rings is 2. The lowest BCUT2D eigenvalue weighted by Gasteiger charge is -2.35. The summed E-state index contributed by atoms with van der Waals surface area (Å²) in [5.41, 5.74) is 1.51. The van der Waals surface area contributed by atoms with Crippen LogP contribution in [0.25, 0.3) is 0 Å². The second-order valence-electron chi connectivity index (χ2n) is 6.34. The van der Waals surface area contributed by atoms with Crippen LogP contribution in [0, 0.1) is 12.7 Å². The maximum absolute atomic E-state index is 13.7. The van der Waals surface area contributed by atoms with E-state index in [1.54, 1.807) is 11.0 Å². The van der Waals surface area contributed by atoms with Crippen LogP contribution in [0.2, 0.25) is 0 Å². The van der Waals surface area contributed by atoms with Crippen molar-refractivity contribution in [3.05, 3.63) is 47.3 Å². The number of hydrogen-bond acceptors (Lipinski definition) is 4. The maximum Gasteiger partial charge on any atom is 0.265 e. The van der Waals surface area contributed by atoms with Gasteiger partial charge in [0.25, 0.3) is 15.9 Å². The Morgan fingerprint density at radius 1 is 1.23 bits per heavy atom. The molecule has 4 rings (SSSR count). The lowest BCUT2D eigenvalue weighted by Crippen LogP contribution is -2.42. The van der Waals surface area contributed by atoms with E-state index >= 15 is 0 Å². The lowest BCUT2D eigenvalue weighted by molar-refractivity contribution is -0.121. The van der Waals surface area contributed by atoms with Crippen LogP contribution in [0.1, 0.15) is 17.5 Å². The number of nitrogens with zero attached hydrogens (tertiary/aromatic N) is 1. The Bertz CT molecular complexity index is 1020. The monoisotopic (exact) mass is 376 g/mol. The smallest absolute Gasteiger partial charge is 0.265 e. The van der Waals surface area contributed by atoms with Crippen LogP contribution in [0.3, 0.4) is 0 Å². The standard InChI is InChI=1S/C18H17FN2O4S/c1-11-13(19)5-2-6-14(11)20-26(23,24)16-8-7-15-18-12(16)4-3-9-21(18)17(22)10-25-15/h2,5-8,20H,3-4,9-10H2,1H3. The van der Waals surface area contributed by atoms with Gasteiger partial charge in [0.05, 0.1) is 16.3 Å². The molecule has 2 aromatic carbocycles. The minimum Gasteiger partial charge on any atom is -0.482 e. The molecule has 2 heterocycles. The predicted octanol–water partition coefficient (Wildman–Crippen LogP) is 2.61. The number of sulfonamides is 1. The van der Waals surface area contributed by atoms with E-state index in [0.29, 0.717) is 36.4 Å². The molecule has 2 aliphatic heterocycles. The molecule has 0 unspecified atom stereocenters. The van der Waals surface area contributed by atoms with Gasteiger partial charge in [0.2, 0.25) is 0 Å². The number of hydrogen-bond donors (Lipinski definition) is 1. The third-order valence-electron chi connectivity index (χ3n) is 4.73. The summed E-state index contributed by atoms with van der Waals surface area (Å²) in [6.07, 6.45) is 1.19. The van der Waals surface area contributed by atoms with Gasteiger partial charge in [0, 0.05) is 17.7 Å². The van der Waals surface area contributed by atoms with Crippen molar-refractivity contribution in [2.75, 3.05) is 22.8 Å². The topological polar surface area (TPSA) is 75.7 Å². The molecule has 0 saturated heterocycles. The minimum absolute atomic E-state index is 0.0424. The number of nitrogens with one attached hydrogen (secondary N) is 1. The maximum atomic E-state index is 13.7. The number of carbonyl (C=O) groups is 1. The minimum atomic E-state index is -3.95. The molecule has 0 atom stereocenters. The number of amides is 1. The van der Waals surface area contributed by atoms with Gasteiger partial charge in [0.15, 0.2) is 6.61 Å². The van der Waals surface area contributed by atoms with Crippen LogP contribution in [0.4, 0.5) is 15.8 Å². The first-order valence-electron chi connectivity index (χ1n) is 8.25. The second-order valence-corrected chi connectivity index (χ2v) is 8.00. The molecule has 2 aromatic rings. The van der Waals surface area contributed by atoms with Gasteiger partial charge < -0.3 is 9.64 Å². The van der Waals surface area contributed by atoms with Crippen molar-refractivity contribution in [2.45, 2.75) is 24.7 Å². The van der Waals surface area contributed by atoms with Crippen LogP contribution in [0.5, 0.6) is 5.75 Å². The largest absolute Gasteiger partial charge is 0.482 e. The van der Waals surface area contributed by atoms with Crippen molar-refractivity contribution in [3.8, 4) is 5.75 Å². The molecule has 8 heteroatoms. The van der Waals surface area contributed by atoms with Gasteiger partial charge >= 0.3 is 0 Å². The van der Waals surface area contributed by atoms with E-state index < -0.39 is 15.8 Å². The highest BCUT2D eigenvalue weighted by molar-refractivity contribution is 7.92. The first-order valence-corrected chi connectivity index (χ1v) is 9.74. The first-order chi connectivity index (χ1) is 12.4. The number of ether oxygens (including phenoxy) is 1. The highest BCUT2D eigenvalue weighted by atomic mass is 32.2. The quantitative estimate of drug-likeness (QED) is 0.894.